The Bertz CT molecular complexity index is 331. The molecule has 0 radical (unpaired) electrons. The molecule has 0 aromatic carbocycles. The van der Waals surface area contributed by atoms with Crippen LogP contribution < -0.4 is 10.1 Å². The number of hydrogen-bond donors (Lipinski definition) is 1. The van der Waals surface area contributed by atoms with Crippen LogP contribution in [0.25, 0.3) is 0 Å². The van der Waals surface area contributed by atoms with Crippen LogP contribution in [0.3, 0.4) is 0 Å². The van der Waals surface area contributed by atoms with E-state index in [0.717, 1.165) is 0 Å². The van der Waals surface area contributed by atoms with Crippen molar-refractivity contribution in [1.29, 1.82) is 0 Å². The topological polar surface area (TPSA) is 47.0 Å². The molecular formula is C6H5ClF3N3O. The molecule has 4 nitrogen and oxygen atoms in total. The lowest BCUT2D eigenvalue weighted by atomic mass is 10.6. The van der Waals surface area contributed by atoms with E-state index in [1.807, 2.05) is 0 Å². The maximum absolute atomic E-state index is 12.6. The molecule has 1 rings (SSSR count). The quantitative estimate of drug-likeness (QED) is 0.632. The van der Waals surface area contributed by atoms with Gasteiger partial charge < -0.3 is 10.1 Å². The van der Waals surface area contributed by atoms with Gasteiger partial charge in [-0.1, -0.05) is 0 Å². The zero-order valence-corrected chi connectivity index (χ0v) is 7.65. The van der Waals surface area contributed by atoms with Crippen LogP contribution in [-0.2, 0) is 0 Å². The number of rotatable bonds is 3. The Morgan fingerprint density at radius 2 is 2.14 bits per heavy atom. The van der Waals surface area contributed by atoms with Gasteiger partial charge in [-0.2, -0.15) is 14.4 Å². The summed E-state index contributed by atoms with van der Waals surface area (Å²) in [6.45, 7) is 0. The third kappa shape index (κ3) is 3.25. The van der Waals surface area contributed by atoms with Crippen molar-refractivity contribution in [2.45, 2.75) is 5.57 Å². The van der Waals surface area contributed by atoms with E-state index in [1.165, 1.54) is 7.05 Å². The van der Waals surface area contributed by atoms with Gasteiger partial charge in [0.15, 0.2) is 0 Å². The van der Waals surface area contributed by atoms with E-state index in [9.17, 15) is 13.2 Å². The third-order valence-corrected chi connectivity index (χ3v) is 1.19. The first-order chi connectivity index (χ1) is 6.40. The van der Waals surface area contributed by atoms with Crippen LogP contribution >= 0.6 is 11.6 Å². The number of alkyl halides is 3. The number of anilines is 1. The fourth-order valence-electron chi connectivity index (χ4n) is 0.680. The lowest BCUT2D eigenvalue weighted by Gasteiger charge is -2.09. The maximum Gasteiger partial charge on any atom is 0.488 e. The van der Waals surface area contributed by atoms with Crippen LogP contribution in [0.15, 0.2) is 6.07 Å². The summed E-state index contributed by atoms with van der Waals surface area (Å²) in [5.74, 6) is -1.83. The zero-order valence-electron chi connectivity index (χ0n) is 6.89. The summed E-state index contributed by atoms with van der Waals surface area (Å²) in [6, 6.07) is 0.594. The molecule has 0 amide bonds. The predicted octanol–water partition coefficient (Wildman–Crippen LogP) is 1.83. The number of ether oxygens (including phenoxy) is 1. The summed E-state index contributed by atoms with van der Waals surface area (Å²) >= 11 is 4.46. The molecule has 0 saturated heterocycles. The van der Waals surface area contributed by atoms with Gasteiger partial charge in [0.2, 0.25) is 17.8 Å². The Labute approximate surface area is 82.1 Å². The lowest BCUT2D eigenvalue weighted by molar-refractivity contribution is -0.0992. The SMILES string of the molecule is CNc1nc(F)cc(OC(F)(F)Cl)n1. The van der Waals surface area contributed by atoms with E-state index < -0.39 is 17.4 Å². The monoisotopic (exact) mass is 227 g/mol. The second-order valence-corrected chi connectivity index (χ2v) is 2.59. The van der Waals surface area contributed by atoms with Gasteiger partial charge in [-0.3, -0.25) is 0 Å². The summed E-state index contributed by atoms with van der Waals surface area (Å²) in [5.41, 5.74) is -3.92. The highest BCUT2D eigenvalue weighted by molar-refractivity contribution is 6.20. The number of nitrogens with zero attached hydrogens (tertiary/aromatic N) is 2. The molecule has 0 unspecified atom stereocenters. The van der Waals surface area contributed by atoms with E-state index in [4.69, 9.17) is 0 Å². The minimum Gasteiger partial charge on any atom is -0.402 e. The Balaban J connectivity index is 2.92. The van der Waals surface area contributed by atoms with Crippen LogP contribution in [0.2, 0.25) is 0 Å². The van der Waals surface area contributed by atoms with Crippen molar-refractivity contribution in [2.75, 3.05) is 12.4 Å². The first kappa shape index (κ1) is 10.8. The van der Waals surface area contributed by atoms with Crippen molar-refractivity contribution in [3.05, 3.63) is 12.0 Å². The second kappa shape index (κ2) is 3.87. The maximum atomic E-state index is 12.6. The smallest absolute Gasteiger partial charge is 0.402 e. The Hall–Kier alpha value is -1.24. The molecule has 14 heavy (non-hydrogen) atoms. The van der Waals surface area contributed by atoms with Crippen LogP contribution in [0, 0.1) is 5.95 Å². The Morgan fingerprint density at radius 3 is 2.64 bits per heavy atom. The molecule has 1 N–H and O–H groups in total. The summed E-state index contributed by atoms with van der Waals surface area (Å²) in [7, 11) is 1.40. The van der Waals surface area contributed by atoms with Crippen LogP contribution in [0.4, 0.5) is 19.1 Å². The molecule has 0 saturated carbocycles. The molecule has 0 fully saturated rings. The third-order valence-electron chi connectivity index (χ3n) is 1.12. The Kier molecular flexibility index (Phi) is 3.00. The molecule has 0 atom stereocenters. The lowest BCUT2D eigenvalue weighted by Crippen LogP contribution is -2.17. The Morgan fingerprint density at radius 1 is 1.50 bits per heavy atom. The average Bonchev–Trinajstić information content (AvgIpc) is 1.99. The van der Waals surface area contributed by atoms with E-state index in [0.29, 0.717) is 6.07 Å². The highest BCUT2D eigenvalue weighted by atomic mass is 35.5. The van der Waals surface area contributed by atoms with Gasteiger partial charge >= 0.3 is 5.57 Å². The van der Waals surface area contributed by atoms with Gasteiger partial charge in [-0.15, -0.1) is 8.78 Å². The molecule has 0 bridgehead atoms. The number of halogens is 4. The molecule has 0 aliphatic heterocycles. The van der Waals surface area contributed by atoms with E-state index in [2.05, 4.69) is 31.6 Å². The van der Waals surface area contributed by atoms with E-state index in [-0.39, 0.29) is 5.95 Å². The number of aromatic nitrogens is 2. The van der Waals surface area contributed by atoms with Crippen molar-refractivity contribution in [1.82, 2.24) is 9.97 Å². The van der Waals surface area contributed by atoms with Gasteiger partial charge in [-0.25, -0.2) is 0 Å². The van der Waals surface area contributed by atoms with Crippen LogP contribution in [0.5, 0.6) is 5.88 Å². The van der Waals surface area contributed by atoms with E-state index in [1.54, 1.807) is 0 Å². The van der Waals surface area contributed by atoms with Crippen molar-refractivity contribution >= 4 is 17.5 Å². The summed E-state index contributed by atoms with van der Waals surface area (Å²) in [5, 5.41) is 2.36. The van der Waals surface area contributed by atoms with Crippen molar-refractivity contribution in [3.8, 4) is 5.88 Å². The van der Waals surface area contributed by atoms with Crippen LogP contribution in [-0.4, -0.2) is 22.6 Å². The van der Waals surface area contributed by atoms with Gasteiger partial charge in [0, 0.05) is 18.6 Å². The minimum atomic E-state index is -3.92. The molecule has 1 heterocycles. The summed E-state index contributed by atoms with van der Waals surface area (Å²) in [6.07, 6.45) is 0. The van der Waals surface area contributed by atoms with Crippen molar-refractivity contribution in [3.63, 3.8) is 0 Å². The number of hydrogen-bond acceptors (Lipinski definition) is 4. The van der Waals surface area contributed by atoms with Gasteiger partial charge in [-0.05, 0) is 0 Å². The minimum absolute atomic E-state index is 0.180. The highest BCUT2D eigenvalue weighted by Crippen LogP contribution is 2.24. The fraction of sp³-hybridized carbons (Fsp3) is 0.333. The fourth-order valence-corrected chi connectivity index (χ4v) is 0.759. The zero-order chi connectivity index (χ0) is 10.8. The van der Waals surface area contributed by atoms with Crippen molar-refractivity contribution < 1.29 is 17.9 Å². The molecule has 1 aromatic rings. The standard InChI is InChI=1S/C6H5ClF3N3O/c1-11-5-12-3(8)2-4(13-5)14-6(7,9)10/h2H,1H3,(H,11,12,13). The van der Waals surface area contributed by atoms with Gasteiger partial charge in [0.1, 0.15) is 0 Å². The molecule has 0 aliphatic carbocycles. The largest absolute Gasteiger partial charge is 0.488 e. The van der Waals surface area contributed by atoms with E-state index >= 15 is 0 Å². The molecule has 1 aromatic heterocycles. The van der Waals surface area contributed by atoms with Crippen LogP contribution in [0.1, 0.15) is 0 Å². The number of nitrogens with one attached hydrogen (secondary N) is 1. The highest BCUT2D eigenvalue weighted by Gasteiger charge is 2.28. The summed E-state index contributed by atoms with van der Waals surface area (Å²) < 4.78 is 40.7. The first-order valence-electron chi connectivity index (χ1n) is 3.39. The molecule has 0 spiro atoms. The molecule has 8 heteroatoms. The molecular weight excluding hydrogens is 223 g/mol. The van der Waals surface area contributed by atoms with Crippen molar-refractivity contribution in [2.24, 2.45) is 0 Å². The second-order valence-electron chi connectivity index (χ2n) is 2.15. The molecule has 0 aliphatic rings. The normalized spacial score (nSPS) is 11.2. The van der Waals surface area contributed by atoms with Gasteiger partial charge in [0.25, 0.3) is 0 Å². The van der Waals surface area contributed by atoms with Gasteiger partial charge in [0.05, 0.1) is 6.07 Å². The predicted molar refractivity (Wildman–Crippen MR) is 43.0 cm³/mol. The molecule has 78 valence electrons. The summed E-state index contributed by atoms with van der Waals surface area (Å²) in [4.78, 5) is 6.61. The average molecular weight is 228 g/mol. The first-order valence-corrected chi connectivity index (χ1v) is 3.76.